The van der Waals surface area contributed by atoms with Gasteiger partial charge in [0.15, 0.2) is 5.82 Å². The quantitative estimate of drug-likeness (QED) is 0.451. The van der Waals surface area contributed by atoms with Crippen LogP contribution in [0, 0.1) is 5.82 Å². The Kier molecular flexibility index (Phi) is 5.01. The van der Waals surface area contributed by atoms with Gasteiger partial charge < -0.3 is 25.0 Å². The molecule has 3 saturated heterocycles. The van der Waals surface area contributed by atoms with Gasteiger partial charge in [-0.15, -0.1) is 0 Å². The van der Waals surface area contributed by atoms with Crippen molar-refractivity contribution in [3.63, 3.8) is 0 Å². The fourth-order valence-corrected chi connectivity index (χ4v) is 5.96. The summed E-state index contributed by atoms with van der Waals surface area (Å²) in [5, 5.41) is 16.5. The van der Waals surface area contributed by atoms with E-state index in [0.29, 0.717) is 47.8 Å². The highest BCUT2D eigenvalue weighted by molar-refractivity contribution is 6.01. The summed E-state index contributed by atoms with van der Waals surface area (Å²) in [6.07, 6.45) is 2.45. The summed E-state index contributed by atoms with van der Waals surface area (Å²) in [4.78, 5) is 14.1. The van der Waals surface area contributed by atoms with E-state index in [1.54, 1.807) is 25.3 Å². The zero-order chi connectivity index (χ0) is 24.4. The van der Waals surface area contributed by atoms with Gasteiger partial charge in [0, 0.05) is 56.3 Å². The molecule has 2 atom stereocenters. The lowest BCUT2D eigenvalue weighted by atomic mass is 9.96. The SMILES string of the molecule is COC1CN(c2nc(N3C[C@H]4CC[C@@H](C3)N4)c3ccc(-c4cc(O)cc5ccccc45)c(F)c3n2)C1. The first-order valence-electron chi connectivity index (χ1n) is 12.6. The van der Waals surface area contributed by atoms with Crippen LogP contribution in [0.1, 0.15) is 12.8 Å². The number of fused-ring (bicyclic) bond motifs is 4. The number of phenols is 1. The van der Waals surface area contributed by atoms with Gasteiger partial charge in [-0.2, -0.15) is 4.98 Å². The Hall–Kier alpha value is -3.49. The van der Waals surface area contributed by atoms with Crippen LogP contribution in [-0.2, 0) is 4.74 Å². The van der Waals surface area contributed by atoms with Crippen LogP contribution in [0.5, 0.6) is 5.75 Å². The summed E-state index contributed by atoms with van der Waals surface area (Å²) in [5.41, 5.74) is 1.38. The molecule has 3 aliphatic heterocycles. The second-order valence-electron chi connectivity index (χ2n) is 10.2. The molecule has 0 saturated carbocycles. The summed E-state index contributed by atoms with van der Waals surface area (Å²) in [6.45, 7) is 3.08. The molecule has 8 heteroatoms. The van der Waals surface area contributed by atoms with Gasteiger partial charge in [-0.25, -0.2) is 9.37 Å². The molecule has 0 unspecified atom stereocenters. The fraction of sp³-hybridized carbons (Fsp3) is 0.357. The third kappa shape index (κ3) is 3.47. The van der Waals surface area contributed by atoms with E-state index in [-0.39, 0.29) is 11.9 Å². The van der Waals surface area contributed by atoms with Crippen molar-refractivity contribution in [2.45, 2.75) is 31.0 Å². The number of hydrogen-bond donors (Lipinski definition) is 2. The van der Waals surface area contributed by atoms with E-state index in [4.69, 9.17) is 14.7 Å². The van der Waals surface area contributed by atoms with E-state index < -0.39 is 5.82 Å². The van der Waals surface area contributed by atoms with Crippen molar-refractivity contribution < 1.29 is 14.2 Å². The number of rotatable bonds is 4. The lowest BCUT2D eigenvalue weighted by molar-refractivity contribution is 0.0778. The number of aromatic nitrogens is 2. The standard InChI is InChI=1S/C28H28FN5O2/c1-36-20-14-34(15-20)28-31-26-23(27(32-28)33-12-17-6-7-18(13-33)30-17)9-8-22(25(26)29)24-11-19(35)10-16-4-2-3-5-21(16)24/h2-5,8-11,17-18,20,30,35H,6-7,12-15H2,1H3/t17-,18+. The summed E-state index contributed by atoms with van der Waals surface area (Å²) in [5.74, 6) is 1.04. The van der Waals surface area contributed by atoms with E-state index in [9.17, 15) is 5.11 Å². The number of ether oxygens (including phenoxy) is 1. The minimum atomic E-state index is -0.393. The van der Waals surface area contributed by atoms with Crippen molar-refractivity contribution >= 4 is 33.4 Å². The summed E-state index contributed by atoms with van der Waals surface area (Å²) in [6, 6.07) is 15.6. The first kappa shape index (κ1) is 21.8. The molecule has 2 N–H and O–H groups in total. The monoisotopic (exact) mass is 485 g/mol. The number of methoxy groups -OCH3 is 1. The van der Waals surface area contributed by atoms with Crippen molar-refractivity contribution in [3.05, 3.63) is 54.3 Å². The zero-order valence-corrected chi connectivity index (χ0v) is 20.1. The molecule has 0 amide bonds. The normalized spacial score (nSPS) is 21.9. The third-order valence-corrected chi connectivity index (χ3v) is 7.89. The molecule has 7 nitrogen and oxygen atoms in total. The topological polar surface area (TPSA) is 73.8 Å². The highest BCUT2D eigenvalue weighted by Crippen LogP contribution is 2.39. The summed E-state index contributed by atoms with van der Waals surface area (Å²) < 4.78 is 21.8. The molecule has 4 heterocycles. The molecule has 0 aliphatic carbocycles. The number of aromatic hydroxyl groups is 1. The predicted octanol–water partition coefficient (Wildman–Crippen LogP) is 4.07. The van der Waals surface area contributed by atoms with E-state index in [1.165, 1.54) is 0 Å². The van der Waals surface area contributed by atoms with Gasteiger partial charge in [0.25, 0.3) is 0 Å². The number of piperazine rings is 1. The molecule has 3 fully saturated rings. The van der Waals surface area contributed by atoms with Crippen LogP contribution in [0.4, 0.5) is 16.2 Å². The second kappa shape index (κ2) is 8.28. The van der Waals surface area contributed by atoms with Gasteiger partial charge in [0.05, 0.1) is 6.10 Å². The number of nitrogens with one attached hydrogen (secondary N) is 1. The molecular formula is C28H28FN5O2. The predicted molar refractivity (Wildman–Crippen MR) is 139 cm³/mol. The molecule has 3 aliphatic rings. The molecule has 36 heavy (non-hydrogen) atoms. The van der Waals surface area contributed by atoms with Gasteiger partial charge in [-0.1, -0.05) is 30.3 Å². The van der Waals surface area contributed by atoms with Crippen molar-refractivity contribution in [2.75, 3.05) is 43.1 Å². The number of phenolic OH excluding ortho intramolecular Hbond substituents is 1. The fourth-order valence-electron chi connectivity index (χ4n) is 5.96. The van der Waals surface area contributed by atoms with Crippen LogP contribution >= 0.6 is 0 Å². The van der Waals surface area contributed by atoms with Gasteiger partial charge >= 0.3 is 0 Å². The van der Waals surface area contributed by atoms with E-state index in [2.05, 4.69) is 10.2 Å². The van der Waals surface area contributed by atoms with Crippen LogP contribution in [-0.4, -0.2) is 66.6 Å². The maximum Gasteiger partial charge on any atom is 0.228 e. The number of halogens is 1. The van der Waals surface area contributed by atoms with Crippen molar-refractivity contribution in [2.24, 2.45) is 0 Å². The highest BCUT2D eigenvalue weighted by Gasteiger charge is 2.35. The molecule has 7 rings (SSSR count). The summed E-state index contributed by atoms with van der Waals surface area (Å²) >= 11 is 0. The largest absolute Gasteiger partial charge is 0.508 e. The Morgan fingerprint density at radius 2 is 1.69 bits per heavy atom. The first-order valence-corrected chi connectivity index (χ1v) is 12.6. The number of anilines is 2. The molecule has 1 aromatic heterocycles. The number of hydrogen-bond acceptors (Lipinski definition) is 7. The number of nitrogens with zero attached hydrogens (tertiary/aromatic N) is 4. The van der Waals surface area contributed by atoms with E-state index in [1.807, 2.05) is 35.2 Å². The molecule has 184 valence electrons. The van der Waals surface area contributed by atoms with Crippen LogP contribution in [0.25, 0.3) is 32.8 Å². The third-order valence-electron chi connectivity index (χ3n) is 7.89. The smallest absolute Gasteiger partial charge is 0.228 e. The van der Waals surface area contributed by atoms with E-state index in [0.717, 1.165) is 47.9 Å². The summed E-state index contributed by atoms with van der Waals surface area (Å²) in [7, 11) is 1.71. The Morgan fingerprint density at radius 3 is 2.47 bits per heavy atom. The molecule has 0 radical (unpaired) electrons. The van der Waals surface area contributed by atoms with Gasteiger partial charge in [-0.3, -0.25) is 0 Å². The van der Waals surface area contributed by atoms with Gasteiger partial charge in [0.2, 0.25) is 5.95 Å². The van der Waals surface area contributed by atoms with Gasteiger partial charge in [0.1, 0.15) is 17.1 Å². The average molecular weight is 486 g/mol. The lowest BCUT2D eigenvalue weighted by Crippen LogP contribution is -2.53. The van der Waals surface area contributed by atoms with Crippen LogP contribution < -0.4 is 15.1 Å². The minimum Gasteiger partial charge on any atom is -0.508 e. The maximum absolute atomic E-state index is 16.4. The highest BCUT2D eigenvalue weighted by atomic mass is 19.1. The Balaban J connectivity index is 1.41. The van der Waals surface area contributed by atoms with Crippen molar-refractivity contribution in [3.8, 4) is 16.9 Å². The average Bonchev–Trinajstić information content (AvgIpc) is 3.20. The molecule has 4 aromatic rings. The van der Waals surface area contributed by atoms with Crippen LogP contribution in [0.2, 0.25) is 0 Å². The zero-order valence-electron chi connectivity index (χ0n) is 20.1. The van der Waals surface area contributed by atoms with E-state index >= 15 is 4.39 Å². The first-order chi connectivity index (χ1) is 17.6. The van der Waals surface area contributed by atoms with Crippen LogP contribution in [0.3, 0.4) is 0 Å². The Labute approximate surface area is 208 Å². The van der Waals surface area contributed by atoms with Crippen LogP contribution in [0.15, 0.2) is 48.5 Å². The number of benzene rings is 3. The minimum absolute atomic E-state index is 0.106. The molecule has 3 aromatic carbocycles. The van der Waals surface area contributed by atoms with Crippen molar-refractivity contribution in [1.29, 1.82) is 0 Å². The maximum atomic E-state index is 16.4. The Bertz CT molecular complexity index is 1480. The second-order valence-corrected chi connectivity index (χ2v) is 10.2. The Morgan fingerprint density at radius 1 is 0.917 bits per heavy atom. The molecular weight excluding hydrogens is 457 g/mol. The molecule has 2 bridgehead atoms. The van der Waals surface area contributed by atoms with Crippen molar-refractivity contribution in [1.82, 2.24) is 15.3 Å². The lowest BCUT2D eigenvalue weighted by Gasteiger charge is -2.39. The van der Waals surface area contributed by atoms with Gasteiger partial charge in [-0.05, 0) is 47.4 Å². The molecule has 0 spiro atoms.